The van der Waals surface area contributed by atoms with Crippen LogP contribution in [0.2, 0.25) is 0 Å². The maximum Gasteiger partial charge on any atom is 0.298 e. The van der Waals surface area contributed by atoms with Crippen LogP contribution in [-0.2, 0) is 11.3 Å². The molecular weight excluding hydrogens is 368 g/mol. The molecule has 4 aromatic rings. The van der Waals surface area contributed by atoms with E-state index < -0.39 is 23.3 Å². The van der Waals surface area contributed by atoms with Gasteiger partial charge in [0.1, 0.15) is 6.26 Å². The molecule has 140 valence electrons. The van der Waals surface area contributed by atoms with E-state index in [9.17, 15) is 18.4 Å². The molecule has 0 spiro atoms. The van der Waals surface area contributed by atoms with Gasteiger partial charge in [-0.3, -0.25) is 9.59 Å². The van der Waals surface area contributed by atoms with Crippen molar-refractivity contribution in [2.45, 2.75) is 6.54 Å². The average molecular weight is 381 g/mol. The number of para-hydroxylation sites is 1. The molecule has 6 nitrogen and oxygen atoms in total. The van der Waals surface area contributed by atoms with Crippen LogP contribution in [0.1, 0.15) is 15.9 Å². The van der Waals surface area contributed by atoms with Crippen molar-refractivity contribution in [2.75, 3.05) is 5.32 Å². The third-order valence-electron chi connectivity index (χ3n) is 4.26. The molecule has 0 radical (unpaired) electrons. The average Bonchev–Trinajstić information content (AvgIpc) is 3.32. The summed E-state index contributed by atoms with van der Waals surface area (Å²) in [6.07, 6.45) is 2.80. The second-order valence-corrected chi connectivity index (χ2v) is 6.10. The number of fused-ring (bicyclic) bond motifs is 1. The fraction of sp³-hybridized carbons (Fsp3) is 0.0500. The number of carbonyl (C=O) groups is 2. The van der Waals surface area contributed by atoms with Crippen molar-refractivity contribution in [3.05, 3.63) is 83.8 Å². The van der Waals surface area contributed by atoms with E-state index in [1.165, 1.54) is 24.6 Å². The molecule has 28 heavy (non-hydrogen) atoms. The number of carbonyl (C=O) groups excluding carboxylic acids is 2. The van der Waals surface area contributed by atoms with Gasteiger partial charge in [-0.1, -0.05) is 29.4 Å². The number of anilines is 1. The number of rotatable bonds is 5. The van der Waals surface area contributed by atoms with Gasteiger partial charge in [-0.15, -0.1) is 0 Å². The molecule has 0 aliphatic carbocycles. The number of hydrogen-bond acceptors (Lipinski definition) is 4. The van der Waals surface area contributed by atoms with E-state index in [0.717, 1.165) is 12.1 Å². The van der Waals surface area contributed by atoms with Gasteiger partial charge >= 0.3 is 0 Å². The predicted octanol–water partition coefficient (Wildman–Crippen LogP) is 3.78. The van der Waals surface area contributed by atoms with Crippen LogP contribution in [0.25, 0.3) is 10.9 Å². The number of ketones is 1. The van der Waals surface area contributed by atoms with Crippen LogP contribution in [0.3, 0.4) is 0 Å². The van der Waals surface area contributed by atoms with Gasteiger partial charge in [0.2, 0.25) is 0 Å². The molecule has 0 unspecified atom stereocenters. The minimum atomic E-state index is -0.947. The number of aromatic nitrogens is 2. The van der Waals surface area contributed by atoms with E-state index in [-0.39, 0.29) is 17.9 Å². The van der Waals surface area contributed by atoms with E-state index >= 15 is 0 Å². The lowest BCUT2D eigenvalue weighted by molar-refractivity contribution is -0.112. The first kappa shape index (κ1) is 17.6. The van der Waals surface area contributed by atoms with E-state index in [1.807, 2.05) is 0 Å². The molecular formula is C20H13F2N3O3. The summed E-state index contributed by atoms with van der Waals surface area (Å²) in [4.78, 5) is 24.9. The highest BCUT2D eigenvalue weighted by atomic mass is 19.2. The second-order valence-electron chi connectivity index (χ2n) is 6.10. The first-order valence-electron chi connectivity index (χ1n) is 8.31. The molecule has 4 rings (SSSR count). The van der Waals surface area contributed by atoms with Crippen molar-refractivity contribution < 1.29 is 22.9 Å². The van der Waals surface area contributed by atoms with Gasteiger partial charge in [0.05, 0.1) is 5.56 Å². The van der Waals surface area contributed by atoms with Crippen LogP contribution in [0.15, 0.2) is 65.5 Å². The molecule has 2 heterocycles. The summed E-state index contributed by atoms with van der Waals surface area (Å²) in [6.45, 7) is 0.204. The summed E-state index contributed by atoms with van der Waals surface area (Å²) in [5.41, 5.74) is 1.40. The third-order valence-corrected chi connectivity index (χ3v) is 4.26. The minimum absolute atomic E-state index is 0.129. The standard InChI is InChI=1S/C20H13F2N3O3/c21-15-6-5-12(9-16(15)22)10-25-11-14(13-3-1-2-4-17(13)25)19(26)20(27)23-18-7-8-28-24-18/h1-9,11H,10H2,(H,23,24,27). The van der Waals surface area contributed by atoms with Gasteiger partial charge in [0.15, 0.2) is 17.5 Å². The molecule has 0 aliphatic heterocycles. The van der Waals surface area contributed by atoms with Gasteiger partial charge in [-0.2, -0.15) is 0 Å². The number of benzene rings is 2. The maximum atomic E-state index is 13.5. The van der Waals surface area contributed by atoms with Crippen LogP contribution in [-0.4, -0.2) is 21.4 Å². The minimum Gasteiger partial charge on any atom is -0.363 e. The summed E-state index contributed by atoms with van der Waals surface area (Å²) in [5, 5.41) is 6.48. The van der Waals surface area contributed by atoms with Crippen LogP contribution < -0.4 is 5.32 Å². The Balaban J connectivity index is 1.68. The fourth-order valence-electron chi connectivity index (χ4n) is 2.97. The Hall–Kier alpha value is -3.81. The maximum absolute atomic E-state index is 13.5. The molecule has 0 saturated carbocycles. The summed E-state index contributed by atoms with van der Waals surface area (Å²) < 4.78 is 33.0. The monoisotopic (exact) mass is 381 g/mol. The Labute approximate surface area is 157 Å². The highest BCUT2D eigenvalue weighted by molar-refractivity contribution is 6.48. The lowest BCUT2D eigenvalue weighted by Gasteiger charge is -2.06. The van der Waals surface area contributed by atoms with Crippen molar-refractivity contribution in [3.8, 4) is 0 Å². The van der Waals surface area contributed by atoms with Crippen molar-refractivity contribution >= 4 is 28.4 Å². The Bertz CT molecular complexity index is 1180. The van der Waals surface area contributed by atoms with E-state index in [1.54, 1.807) is 28.8 Å². The number of nitrogens with one attached hydrogen (secondary N) is 1. The number of amides is 1. The SMILES string of the molecule is O=C(Nc1ccon1)C(=O)c1cn(Cc2ccc(F)c(F)c2)c2ccccc12. The van der Waals surface area contributed by atoms with Crippen LogP contribution in [0, 0.1) is 11.6 Å². The lowest BCUT2D eigenvalue weighted by atomic mass is 10.1. The predicted molar refractivity (Wildman–Crippen MR) is 96.9 cm³/mol. The smallest absolute Gasteiger partial charge is 0.298 e. The van der Waals surface area contributed by atoms with Crippen molar-refractivity contribution in [1.29, 1.82) is 0 Å². The Kier molecular flexibility index (Phi) is 4.44. The van der Waals surface area contributed by atoms with Crippen molar-refractivity contribution in [2.24, 2.45) is 0 Å². The largest absolute Gasteiger partial charge is 0.363 e. The number of nitrogens with zero attached hydrogens (tertiary/aromatic N) is 2. The lowest BCUT2D eigenvalue weighted by Crippen LogP contribution is -2.22. The molecule has 2 aromatic carbocycles. The van der Waals surface area contributed by atoms with Crippen LogP contribution >= 0.6 is 0 Å². The van der Waals surface area contributed by atoms with Gasteiger partial charge in [-0.25, -0.2) is 8.78 Å². The van der Waals surface area contributed by atoms with Crippen LogP contribution in [0.4, 0.5) is 14.6 Å². The first-order valence-corrected chi connectivity index (χ1v) is 8.31. The molecule has 0 fully saturated rings. The van der Waals surface area contributed by atoms with Crippen molar-refractivity contribution in [3.63, 3.8) is 0 Å². The zero-order valence-corrected chi connectivity index (χ0v) is 14.4. The number of hydrogen-bond donors (Lipinski definition) is 1. The normalized spacial score (nSPS) is 10.9. The first-order chi connectivity index (χ1) is 13.5. The van der Waals surface area contributed by atoms with Gasteiger partial charge in [0.25, 0.3) is 11.7 Å². The molecule has 8 heteroatoms. The number of Topliss-reactive ketones (excluding diaryl/α,β-unsaturated/α-hetero) is 1. The molecule has 1 N–H and O–H groups in total. The zero-order valence-electron chi connectivity index (χ0n) is 14.4. The van der Waals surface area contributed by atoms with Crippen molar-refractivity contribution in [1.82, 2.24) is 9.72 Å². The highest BCUT2D eigenvalue weighted by Gasteiger charge is 2.22. The topological polar surface area (TPSA) is 77.1 Å². The Morgan fingerprint density at radius 3 is 2.64 bits per heavy atom. The van der Waals surface area contributed by atoms with E-state index in [0.29, 0.717) is 16.5 Å². The van der Waals surface area contributed by atoms with Gasteiger partial charge in [-0.05, 0) is 23.8 Å². The molecule has 0 bridgehead atoms. The summed E-state index contributed by atoms with van der Waals surface area (Å²) in [7, 11) is 0. The zero-order chi connectivity index (χ0) is 19.7. The van der Waals surface area contributed by atoms with E-state index in [2.05, 4.69) is 15.0 Å². The Morgan fingerprint density at radius 1 is 1.07 bits per heavy atom. The second kappa shape index (κ2) is 7.07. The highest BCUT2D eigenvalue weighted by Crippen LogP contribution is 2.24. The molecule has 0 saturated heterocycles. The molecule has 0 aliphatic rings. The third kappa shape index (κ3) is 3.27. The summed E-state index contributed by atoms with van der Waals surface area (Å²) in [6, 6.07) is 12.1. The molecule has 2 aromatic heterocycles. The number of halogens is 2. The van der Waals surface area contributed by atoms with E-state index in [4.69, 9.17) is 0 Å². The van der Waals surface area contributed by atoms with Gasteiger partial charge in [0, 0.05) is 29.7 Å². The fourth-order valence-corrected chi connectivity index (χ4v) is 2.97. The molecule has 0 atom stereocenters. The van der Waals surface area contributed by atoms with Crippen LogP contribution in [0.5, 0.6) is 0 Å². The quantitative estimate of drug-likeness (QED) is 0.422. The molecule has 1 amide bonds. The summed E-state index contributed by atoms with van der Waals surface area (Å²) in [5.74, 6) is -3.35. The Morgan fingerprint density at radius 2 is 1.89 bits per heavy atom. The van der Waals surface area contributed by atoms with Gasteiger partial charge < -0.3 is 14.4 Å². The summed E-state index contributed by atoms with van der Waals surface area (Å²) >= 11 is 0.